The highest BCUT2D eigenvalue weighted by Gasteiger charge is 2.23. The first-order valence-corrected chi connectivity index (χ1v) is 10.1. The second kappa shape index (κ2) is 7.35. The Hall–Kier alpha value is -2.74. The summed E-state index contributed by atoms with van der Waals surface area (Å²) < 4.78 is 5.76. The highest BCUT2D eigenvalue weighted by atomic mass is 32.2. The molecule has 1 aromatic carbocycles. The molecule has 28 heavy (non-hydrogen) atoms. The number of aromatic amines is 1. The highest BCUT2D eigenvalue weighted by Crippen LogP contribution is 2.20. The molecule has 0 aromatic heterocycles. The van der Waals surface area contributed by atoms with Crippen LogP contribution in [0.15, 0.2) is 38.3 Å². The van der Waals surface area contributed by atoms with Crippen molar-refractivity contribution in [3.63, 3.8) is 0 Å². The van der Waals surface area contributed by atoms with Crippen molar-refractivity contribution in [2.24, 2.45) is 0 Å². The molecule has 1 amide bonds. The molecule has 0 spiro atoms. The number of rotatable bonds is 5. The van der Waals surface area contributed by atoms with Crippen LogP contribution < -0.4 is 21.1 Å². The number of nitrogens with zero attached hydrogens (tertiary/aromatic N) is 1. The van der Waals surface area contributed by atoms with E-state index in [2.05, 4.69) is 10.3 Å². The molecule has 0 bridgehead atoms. The maximum atomic E-state index is 12.9. The minimum absolute atomic E-state index is 0.0936. The number of amides is 1. The first-order chi connectivity index (χ1) is 13.1. The summed E-state index contributed by atoms with van der Waals surface area (Å²) in [6, 6.07) is 6.54. The van der Waals surface area contributed by atoms with Gasteiger partial charge in [-0.05, 0) is 32.2 Å². The number of carbonyl (C=O) groups is 1. The Kier molecular flexibility index (Phi) is 5.25. The lowest BCUT2D eigenvalue weighted by Crippen LogP contribution is -2.46. The van der Waals surface area contributed by atoms with Crippen molar-refractivity contribution in [1.82, 2.24) is 10.3 Å². The number of fused-ring (bicyclic) bond motifs is 1. The van der Waals surface area contributed by atoms with E-state index < -0.39 is 22.3 Å². The molecule has 0 saturated carbocycles. The van der Waals surface area contributed by atoms with Gasteiger partial charge in [0.2, 0.25) is 10.8 Å². The van der Waals surface area contributed by atoms with Gasteiger partial charge in [0.1, 0.15) is 0 Å². The molecule has 1 aromatic rings. The quantitative estimate of drug-likeness (QED) is 0.636. The number of hydrogen-bond donors (Lipinski definition) is 2. The van der Waals surface area contributed by atoms with E-state index in [0.717, 1.165) is 11.8 Å². The number of aromatic nitrogens is 1. The number of anilines is 1. The van der Waals surface area contributed by atoms with E-state index in [1.165, 1.54) is 0 Å². The van der Waals surface area contributed by atoms with Crippen molar-refractivity contribution < 1.29 is 9.21 Å². The second-order valence-corrected chi connectivity index (χ2v) is 8.39. The topological polar surface area (TPSA) is 95.4 Å². The van der Waals surface area contributed by atoms with E-state index in [4.69, 9.17) is 4.42 Å². The highest BCUT2D eigenvalue weighted by molar-refractivity contribution is 7.98. The van der Waals surface area contributed by atoms with Crippen LogP contribution in [0.25, 0.3) is 11.1 Å². The predicted octanol–water partition coefficient (Wildman–Crippen LogP) is 2.14. The minimum Gasteiger partial charge on any atom is -0.449 e. The largest absolute Gasteiger partial charge is 0.449 e. The summed E-state index contributed by atoms with van der Waals surface area (Å²) in [6.07, 6.45) is 1.95. The van der Waals surface area contributed by atoms with E-state index in [0.29, 0.717) is 16.9 Å². The Bertz CT molecular complexity index is 1230. The number of hydrogen-bond acceptors (Lipinski definition) is 6. The number of nitrogens with one attached hydrogen (secondary N) is 2. The molecule has 1 aliphatic carbocycles. The summed E-state index contributed by atoms with van der Waals surface area (Å²) >= 11 is 1.60. The van der Waals surface area contributed by atoms with Crippen LogP contribution in [-0.2, 0) is 0 Å². The molecule has 0 radical (unpaired) electrons. The summed E-state index contributed by atoms with van der Waals surface area (Å²) in [5.41, 5.74) is -0.157. The fourth-order valence-corrected chi connectivity index (χ4v) is 3.80. The van der Waals surface area contributed by atoms with E-state index in [9.17, 15) is 14.4 Å². The third-order valence-electron chi connectivity index (χ3n) is 4.36. The smallest absolute Gasteiger partial charge is 0.270 e. The van der Waals surface area contributed by atoms with Gasteiger partial charge in [-0.3, -0.25) is 14.4 Å². The zero-order valence-electron chi connectivity index (χ0n) is 16.5. The van der Waals surface area contributed by atoms with Crippen molar-refractivity contribution in [1.29, 1.82) is 0 Å². The average molecular weight is 401 g/mol. The van der Waals surface area contributed by atoms with Gasteiger partial charge in [-0.15, -0.1) is 0 Å². The van der Waals surface area contributed by atoms with E-state index in [1.807, 2.05) is 51.2 Å². The maximum absolute atomic E-state index is 12.9. The van der Waals surface area contributed by atoms with Crippen molar-refractivity contribution >= 4 is 34.5 Å². The molecular formula is C20H23N3O4S. The van der Waals surface area contributed by atoms with E-state index in [1.54, 1.807) is 17.8 Å². The van der Waals surface area contributed by atoms with Crippen molar-refractivity contribution in [3.05, 3.63) is 61.0 Å². The second-order valence-electron chi connectivity index (χ2n) is 7.53. The molecular weight excluding hydrogens is 378 g/mol. The zero-order valence-corrected chi connectivity index (χ0v) is 17.3. The molecule has 0 unspecified atom stereocenters. The molecule has 0 fully saturated rings. The van der Waals surface area contributed by atoms with E-state index >= 15 is 0 Å². The molecule has 7 nitrogen and oxygen atoms in total. The lowest BCUT2D eigenvalue weighted by atomic mass is 10.1. The normalized spacial score (nSPS) is 11.8. The predicted molar refractivity (Wildman–Crippen MR) is 113 cm³/mol. The lowest BCUT2D eigenvalue weighted by Gasteiger charge is -2.25. The molecule has 1 heterocycles. The van der Waals surface area contributed by atoms with Gasteiger partial charge in [-0.25, -0.2) is 0 Å². The van der Waals surface area contributed by atoms with Crippen LogP contribution in [0.2, 0.25) is 0 Å². The van der Waals surface area contributed by atoms with Gasteiger partial charge in [0.15, 0.2) is 5.58 Å². The van der Waals surface area contributed by atoms with Crippen LogP contribution in [0.3, 0.4) is 0 Å². The van der Waals surface area contributed by atoms with Gasteiger partial charge in [0, 0.05) is 43.2 Å². The molecule has 8 heteroatoms. The Morgan fingerprint density at radius 3 is 2.61 bits per heavy atom. The third-order valence-corrected chi connectivity index (χ3v) is 5.37. The first-order valence-electron chi connectivity index (χ1n) is 8.75. The fraction of sp³-hybridized carbons (Fsp3) is 0.350. The van der Waals surface area contributed by atoms with Gasteiger partial charge >= 0.3 is 0 Å². The van der Waals surface area contributed by atoms with Crippen LogP contribution in [0.1, 0.15) is 24.2 Å². The molecule has 2 aliphatic rings. The summed E-state index contributed by atoms with van der Waals surface area (Å²) in [7, 11) is 3.78. The van der Waals surface area contributed by atoms with Gasteiger partial charge in [-0.1, -0.05) is 0 Å². The minimum atomic E-state index is -0.777. The number of H-pyrrole nitrogens is 1. The number of benzene rings is 1. The van der Waals surface area contributed by atoms with E-state index in [-0.39, 0.29) is 16.3 Å². The SMILES string of the molecule is CSCC(C)(C)NC(=O)c1cc(=O)c(=O)c2oc3cc(N(C)C)ccc3[nH]c1=2. The molecule has 2 N–H and O–H groups in total. The van der Waals surface area contributed by atoms with Crippen LogP contribution >= 0.6 is 11.8 Å². The molecule has 148 valence electrons. The Morgan fingerprint density at radius 1 is 1.25 bits per heavy atom. The van der Waals surface area contributed by atoms with Crippen LogP contribution in [0.4, 0.5) is 5.69 Å². The summed E-state index contributed by atoms with van der Waals surface area (Å²) in [5.74, 6) is 0.266. The van der Waals surface area contributed by atoms with Crippen molar-refractivity contribution in [3.8, 4) is 0 Å². The van der Waals surface area contributed by atoms with Gasteiger partial charge in [0.05, 0.1) is 16.4 Å². The molecule has 0 saturated heterocycles. The monoisotopic (exact) mass is 401 g/mol. The first kappa shape index (κ1) is 20.0. The number of thioether (sulfide) groups is 1. The van der Waals surface area contributed by atoms with Gasteiger partial charge in [-0.2, -0.15) is 11.8 Å². The zero-order chi connectivity index (χ0) is 20.6. The van der Waals surface area contributed by atoms with Gasteiger partial charge < -0.3 is 19.6 Å². The average Bonchev–Trinajstić information content (AvgIpc) is 2.62. The molecule has 0 atom stereocenters. The summed E-state index contributed by atoms with van der Waals surface area (Å²) in [5, 5.41) is 3.13. The maximum Gasteiger partial charge on any atom is 0.270 e. The Morgan fingerprint density at radius 2 is 1.96 bits per heavy atom. The Labute approximate surface area is 165 Å². The number of carbonyl (C=O) groups excluding carboxylic acids is 1. The lowest BCUT2D eigenvalue weighted by molar-refractivity contribution is 0.0919. The molecule has 1 aliphatic heterocycles. The fourth-order valence-electron chi connectivity index (χ4n) is 3.01. The van der Waals surface area contributed by atoms with Crippen molar-refractivity contribution in [2.75, 3.05) is 31.0 Å². The van der Waals surface area contributed by atoms with Gasteiger partial charge in [0.25, 0.3) is 11.3 Å². The Balaban J connectivity index is 2.26. The summed E-state index contributed by atoms with van der Waals surface area (Å²) in [6.45, 7) is 3.80. The molecule has 3 rings (SSSR count). The van der Waals surface area contributed by atoms with Crippen LogP contribution in [0.5, 0.6) is 0 Å². The standard InChI is InChI=1S/C20H23N3O4S/c1-20(2,10-28-5)22-19(26)12-9-14(24)17(25)18-16(12)21-13-7-6-11(23(3)4)8-15(13)27-18/h6-9,21H,10H2,1-5H3,(H,22,26). The van der Waals surface area contributed by atoms with Crippen LogP contribution in [0, 0.1) is 10.8 Å². The summed E-state index contributed by atoms with van der Waals surface area (Å²) in [4.78, 5) is 42.4. The van der Waals surface area contributed by atoms with Crippen molar-refractivity contribution in [2.45, 2.75) is 19.4 Å². The van der Waals surface area contributed by atoms with Crippen LogP contribution in [-0.4, -0.2) is 42.5 Å². The third kappa shape index (κ3) is 3.77.